The monoisotopic (exact) mass is 394 g/mol. The fraction of sp³-hybridized carbons (Fsp3) is 0.316. The lowest BCUT2D eigenvalue weighted by molar-refractivity contribution is -0.124. The maximum Gasteiger partial charge on any atom is 0.235 e. The maximum atomic E-state index is 11.9. The van der Waals surface area contributed by atoms with Crippen LogP contribution in [0.3, 0.4) is 0 Å². The van der Waals surface area contributed by atoms with Crippen LogP contribution < -0.4 is 10.5 Å². The lowest BCUT2D eigenvalue weighted by atomic mass is 9.93. The molecule has 0 aliphatic carbocycles. The van der Waals surface area contributed by atoms with Crippen molar-refractivity contribution in [3.63, 3.8) is 0 Å². The van der Waals surface area contributed by atoms with Crippen molar-refractivity contribution in [1.82, 2.24) is 4.90 Å². The quantitative estimate of drug-likeness (QED) is 0.789. The van der Waals surface area contributed by atoms with E-state index in [2.05, 4.69) is 0 Å². The first kappa shape index (κ1) is 19.0. The maximum absolute atomic E-state index is 11.9. The molecule has 0 bridgehead atoms. The molecule has 138 valence electrons. The molecule has 1 aliphatic rings. The van der Waals surface area contributed by atoms with Gasteiger partial charge >= 0.3 is 0 Å². The van der Waals surface area contributed by atoms with Gasteiger partial charge in [0.25, 0.3) is 0 Å². The molecule has 0 radical (unpaired) electrons. The fourth-order valence-corrected chi connectivity index (χ4v) is 3.68. The zero-order valence-corrected chi connectivity index (χ0v) is 15.6. The van der Waals surface area contributed by atoms with Crippen molar-refractivity contribution in [2.75, 3.05) is 13.2 Å². The highest BCUT2D eigenvalue weighted by Gasteiger charge is 2.31. The molecular weight excluding hydrogens is 375 g/mol. The Labute approximate surface area is 162 Å². The Morgan fingerprint density at radius 2 is 1.85 bits per heavy atom. The Balaban J connectivity index is 1.66. The average Bonchev–Trinajstić information content (AvgIpc) is 2.60. The Hall–Kier alpha value is -1.79. The number of hydrogen-bond donors (Lipinski definition) is 2. The van der Waals surface area contributed by atoms with Gasteiger partial charge in [-0.15, -0.1) is 0 Å². The Kier molecular flexibility index (Phi) is 6.04. The largest absolute Gasteiger partial charge is 0.488 e. The molecule has 2 aromatic rings. The van der Waals surface area contributed by atoms with Crippen LogP contribution in [0.1, 0.15) is 11.1 Å². The van der Waals surface area contributed by atoms with Gasteiger partial charge in [0.1, 0.15) is 12.7 Å². The van der Waals surface area contributed by atoms with Crippen molar-refractivity contribution < 1.29 is 14.6 Å². The minimum Gasteiger partial charge on any atom is -0.488 e. The van der Waals surface area contributed by atoms with Gasteiger partial charge in [-0.2, -0.15) is 0 Å². The molecule has 0 saturated heterocycles. The van der Waals surface area contributed by atoms with Crippen LogP contribution >= 0.6 is 23.2 Å². The summed E-state index contributed by atoms with van der Waals surface area (Å²) < 4.78 is 5.58. The van der Waals surface area contributed by atoms with E-state index in [1.54, 1.807) is 18.2 Å². The average molecular weight is 395 g/mol. The molecule has 1 amide bonds. The number of β-amino-alcohol motifs (C(OH)–C–C–N with tert-alkyl or cyclic N) is 1. The summed E-state index contributed by atoms with van der Waals surface area (Å²) in [5, 5.41) is 11.1. The second kappa shape index (κ2) is 8.27. The number of primary amides is 1. The highest BCUT2D eigenvalue weighted by molar-refractivity contribution is 6.37. The van der Waals surface area contributed by atoms with Crippen LogP contribution in [0.5, 0.6) is 5.75 Å². The van der Waals surface area contributed by atoms with Crippen molar-refractivity contribution >= 4 is 29.1 Å². The van der Waals surface area contributed by atoms with E-state index in [9.17, 15) is 9.90 Å². The second-order valence-corrected chi connectivity index (χ2v) is 7.15. The van der Waals surface area contributed by atoms with Crippen molar-refractivity contribution in [3.05, 3.63) is 63.6 Å². The predicted molar refractivity (Wildman–Crippen MR) is 102 cm³/mol. The van der Waals surface area contributed by atoms with Crippen LogP contribution in [0.4, 0.5) is 0 Å². The van der Waals surface area contributed by atoms with E-state index < -0.39 is 18.1 Å². The summed E-state index contributed by atoms with van der Waals surface area (Å²) in [5.41, 5.74) is 7.81. The highest BCUT2D eigenvalue weighted by Crippen LogP contribution is 2.32. The van der Waals surface area contributed by atoms with E-state index in [0.717, 1.165) is 11.1 Å². The molecule has 26 heavy (non-hydrogen) atoms. The molecule has 5 nitrogen and oxygen atoms in total. The molecule has 0 fully saturated rings. The SMILES string of the molecule is NC(=O)[C@@H]1Cc2ccccc2CN1CC(O)COc1c(Cl)cccc1Cl. The molecule has 3 N–H and O–H groups in total. The van der Waals surface area contributed by atoms with Gasteiger partial charge in [0, 0.05) is 13.1 Å². The molecule has 0 spiro atoms. The number of hydrogen-bond acceptors (Lipinski definition) is 4. The van der Waals surface area contributed by atoms with Crippen LogP contribution in [-0.4, -0.2) is 41.2 Å². The van der Waals surface area contributed by atoms with Gasteiger partial charge in [0.05, 0.1) is 16.1 Å². The first-order chi connectivity index (χ1) is 12.5. The van der Waals surface area contributed by atoms with Gasteiger partial charge in [0.15, 0.2) is 5.75 Å². The molecule has 7 heteroatoms. The lowest BCUT2D eigenvalue weighted by Gasteiger charge is -2.36. The summed E-state index contributed by atoms with van der Waals surface area (Å²) in [5.74, 6) is -0.0629. The van der Waals surface area contributed by atoms with Crippen LogP contribution in [0.2, 0.25) is 10.0 Å². The number of carbonyl (C=O) groups is 1. The number of aliphatic hydroxyl groups excluding tert-OH is 1. The lowest BCUT2D eigenvalue weighted by Crippen LogP contribution is -2.51. The van der Waals surface area contributed by atoms with Gasteiger partial charge in [-0.1, -0.05) is 53.5 Å². The predicted octanol–water partition coefficient (Wildman–Crippen LogP) is 2.65. The van der Waals surface area contributed by atoms with Crippen molar-refractivity contribution in [2.24, 2.45) is 5.73 Å². The Morgan fingerprint density at radius 1 is 1.19 bits per heavy atom. The fourth-order valence-electron chi connectivity index (χ4n) is 3.17. The number of amides is 1. The molecule has 3 rings (SSSR count). The smallest absolute Gasteiger partial charge is 0.235 e. The number of aliphatic hydroxyl groups is 1. The van der Waals surface area contributed by atoms with E-state index in [-0.39, 0.29) is 13.2 Å². The molecular formula is C19H20Cl2N2O3. The number of nitrogens with zero attached hydrogens (tertiary/aromatic N) is 1. The third kappa shape index (κ3) is 4.30. The number of benzene rings is 2. The summed E-state index contributed by atoms with van der Waals surface area (Å²) >= 11 is 12.1. The third-order valence-electron chi connectivity index (χ3n) is 4.46. The van der Waals surface area contributed by atoms with E-state index in [1.165, 1.54) is 0 Å². The van der Waals surface area contributed by atoms with Gasteiger partial charge < -0.3 is 15.6 Å². The highest BCUT2D eigenvalue weighted by atomic mass is 35.5. The normalized spacial score (nSPS) is 18.2. The number of carbonyl (C=O) groups excluding carboxylic acids is 1. The van der Waals surface area contributed by atoms with Crippen molar-refractivity contribution in [3.8, 4) is 5.75 Å². The zero-order valence-electron chi connectivity index (χ0n) is 14.1. The van der Waals surface area contributed by atoms with Gasteiger partial charge in [-0.3, -0.25) is 9.69 Å². The minimum atomic E-state index is -0.825. The molecule has 1 unspecified atom stereocenters. The number of halogens is 2. The molecule has 0 aromatic heterocycles. The van der Waals surface area contributed by atoms with Gasteiger partial charge in [0.2, 0.25) is 5.91 Å². The Morgan fingerprint density at radius 3 is 2.50 bits per heavy atom. The topological polar surface area (TPSA) is 75.8 Å². The zero-order chi connectivity index (χ0) is 18.7. The first-order valence-electron chi connectivity index (χ1n) is 8.30. The van der Waals surface area contributed by atoms with Crippen LogP contribution in [0.15, 0.2) is 42.5 Å². The van der Waals surface area contributed by atoms with E-state index in [4.69, 9.17) is 33.7 Å². The van der Waals surface area contributed by atoms with E-state index >= 15 is 0 Å². The van der Waals surface area contributed by atoms with Crippen LogP contribution in [0, 0.1) is 0 Å². The molecule has 2 atom stereocenters. The van der Waals surface area contributed by atoms with Crippen molar-refractivity contribution in [1.29, 1.82) is 0 Å². The molecule has 2 aromatic carbocycles. The summed E-state index contributed by atoms with van der Waals surface area (Å²) in [6, 6.07) is 12.5. The van der Waals surface area contributed by atoms with E-state index in [0.29, 0.717) is 28.8 Å². The van der Waals surface area contributed by atoms with E-state index in [1.807, 2.05) is 29.2 Å². The Bertz CT molecular complexity index is 780. The van der Waals surface area contributed by atoms with Gasteiger partial charge in [-0.05, 0) is 29.7 Å². The number of ether oxygens (including phenoxy) is 1. The molecule has 1 aliphatic heterocycles. The van der Waals surface area contributed by atoms with Crippen LogP contribution in [0.25, 0.3) is 0 Å². The number of fused-ring (bicyclic) bond motifs is 1. The third-order valence-corrected chi connectivity index (χ3v) is 5.05. The summed E-state index contributed by atoms with van der Waals surface area (Å²) in [6.07, 6.45) is -0.287. The number of para-hydroxylation sites is 1. The minimum absolute atomic E-state index is 0.00703. The summed E-state index contributed by atoms with van der Waals surface area (Å²) in [4.78, 5) is 13.7. The van der Waals surface area contributed by atoms with Crippen molar-refractivity contribution in [2.45, 2.75) is 25.1 Å². The van der Waals surface area contributed by atoms with Gasteiger partial charge in [-0.25, -0.2) is 0 Å². The van der Waals surface area contributed by atoms with Crippen LogP contribution in [-0.2, 0) is 17.8 Å². The number of rotatable bonds is 6. The number of nitrogens with two attached hydrogens (primary N) is 1. The molecule has 0 saturated carbocycles. The summed E-state index contributed by atoms with van der Waals surface area (Å²) in [6.45, 7) is 0.810. The molecule has 1 heterocycles. The standard InChI is InChI=1S/C19H20Cl2N2O3/c20-15-6-3-7-16(21)18(15)26-11-14(24)10-23-9-13-5-2-1-4-12(13)8-17(23)19(22)25/h1-7,14,17,24H,8-11H2,(H2,22,25)/t14?,17-/m0/s1. The first-order valence-corrected chi connectivity index (χ1v) is 9.06. The summed E-state index contributed by atoms with van der Waals surface area (Å²) in [7, 11) is 0. The second-order valence-electron chi connectivity index (χ2n) is 6.34.